The largest absolute Gasteiger partial charge is 0.312 e. The van der Waals surface area contributed by atoms with Gasteiger partial charge < -0.3 is 5.32 Å². The Bertz CT molecular complexity index is 343. The zero-order valence-corrected chi connectivity index (χ0v) is 12.2. The van der Waals surface area contributed by atoms with Crippen LogP contribution < -0.4 is 5.32 Å². The van der Waals surface area contributed by atoms with Crippen LogP contribution in [-0.2, 0) is 6.54 Å². The van der Waals surface area contributed by atoms with Crippen molar-refractivity contribution in [2.75, 3.05) is 6.54 Å². The van der Waals surface area contributed by atoms with Crippen molar-refractivity contribution in [3.05, 3.63) is 34.4 Å². The maximum absolute atomic E-state index is 3.58. The van der Waals surface area contributed by atoms with Crippen molar-refractivity contribution < 1.29 is 0 Å². The van der Waals surface area contributed by atoms with Gasteiger partial charge in [-0.1, -0.05) is 38.5 Å². The van der Waals surface area contributed by atoms with Crippen molar-refractivity contribution >= 4 is 0 Å². The topological polar surface area (TPSA) is 12.0 Å². The molecule has 96 valence electrons. The summed E-state index contributed by atoms with van der Waals surface area (Å²) in [4.78, 5) is 0. The number of aryl methyl sites for hydroxylation is 3. The monoisotopic (exact) mass is 233 g/mol. The molecule has 1 aromatic carbocycles. The van der Waals surface area contributed by atoms with E-state index in [2.05, 4.69) is 59.0 Å². The third-order valence-electron chi connectivity index (χ3n) is 3.75. The molecule has 0 spiro atoms. The molecule has 1 heteroatoms. The normalized spacial score (nSPS) is 13.1. The lowest BCUT2D eigenvalue weighted by Crippen LogP contribution is -2.24. The average molecular weight is 233 g/mol. The van der Waals surface area contributed by atoms with Crippen molar-refractivity contribution in [2.45, 2.75) is 48.1 Å². The summed E-state index contributed by atoms with van der Waals surface area (Å²) in [5, 5.41) is 3.58. The van der Waals surface area contributed by atoms with E-state index in [1.807, 2.05) is 0 Å². The smallest absolute Gasteiger partial charge is 0.0210 e. The van der Waals surface area contributed by atoms with Crippen LogP contribution in [0.1, 0.15) is 43.0 Å². The van der Waals surface area contributed by atoms with Gasteiger partial charge in [-0.2, -0.15) is 0 Å². The van der Waals surface area contributed by atoms with Crippen molar-refractivity contribution in [3.8, 4) is 0 Å². The fourth-order valence-electron chi connectivity index (χ4n) is 2.15. The van der Waals surface area contributed by atoms with Crippen LogP contribution in [0.5, 0.6) is 0 Å². The van der Waals surface area contributed by atoms with E-state index < -0.39 is 0 Å². The Kier molecular flexibility index (Phi) is 5.20. The molecule has 0 bridgehead atoms. The van der Waals surface area contributed by atoms with Crippen molar-refractivity contribution in [1.29, 1.82) is 0 Å². The second-order valence-electron chi connectivity index (χ2n) is 5.73. The molecule has 0 aliphatic rings. The Labute approximate surface area is 107 Å². The standard InChI is InChI=1S/C16H27N/c1-11(2)15(6)9-17-10-16-13(4)7-12(3)8-14(16)5/h7-8,11,15,17H,9-10H2,1-6H3. The molecule has 0 aromatic heterocycles. The zero-order chi connectivity index (χ0) is 13.0. The highest BCUT2D eigenvalue weighted by Crippen LogP contribution is 2.16. The predicted molar refractivity (Wildman–Crippen MR) is 76.4 cm³/mol. The minimum atomic E-state index is 0.737. The van der Waals surface area contributed by atoms with E-state index in [1.165, 1.54) is 22.3 Å². The molecule has 0 saturated carbocycles. The van der Waals surface area contributed by atoms with Gasteiger partial charge in [0.25, 0.3) is 0 Å². The Hall–Kier alpha value is -0.820. The van der Waals surface area contributed by atoms with Crippen LogP contribution in [0.2, 0.25) is 0 Å². The molecular weight excluding hydrogens is 206 g/mol. The van der Waals surface area contributed by atoms with E-state index in [-0.39, 0.29) is 0 Å². The van der Waals surface area contributed by atoms with Gasteiger partial charge in [0.2, 0.25) is 0 Å². The van der Waals surface area contributed by atoms with Crippen LogP contribution in [-0.4, -0.2) is 6.54 Å². The van der Waals surface area contributed by atoms with Gasteiger partial charge >= 0.3 is 0 Å². The highest BCUT2D eigenvalue weighted by Gasteiger charge is 2.08. The van der Waals surface area contributed by atoms with Gasteiger partial charge in [-0.3, -0.25) is 0 Å². The van der Waals surface area contributed by atoms with E-state index in [9.17, 15) is 0 Å². The van der Waals surface area contributed by atoms with Crippen LogP contribution in [0, 0.1) is 32.6 Å². The first-order valence-electron chi connectivity index (χ1n) is 6.69. The second kappa shape index (κ2) is 6.20. The average Bonchev–Trinajstić information content (AvgIpc) is 2.21. The van der Waals surface area contributed by atoms with E-state index in [4.69, 9.17) is 0 Å². The molecule has 0 radical (unpaired) electrons. The van der Waals surface area contributed by atoms with Crippen LogP contribution >= 0.6 is 0 Å². The first-order chi connectivity index (χ1) is 7.91. The maximum atomic E-state index is 3.58. The van der Waals surface area contributed by atoms with E-state index >= 15 is 0 Å². The molecular formula is C16H27N. The first-order valence-corrected chi connectivity index (χ1v) is 6.69. The lowest BCUT2D eigenvalue weighted by atomic mass is 9.97. The third kappa shape index (κ3) is 4.16. The van der Waals surface area contributed by atoms with Gasteiger partial charge in [-0.25, -0.2) is 0 Å². The first kappa shape index (κ1) is 14.2. The fraction of sp³-hybridized carbons (Fsp3) is 0.625. The van der Waals surface area contributed by atoms with Gasteiger partial charge in [-0.05, 0) is 55.8 Å². The highest BCUT2D eigenvalue weighted by atomic mass is 14.9. The predicted octanol–water partition coefficient (Wildman–Crippen LogP) is 3.99. The lowest BCUT2D eigenvalue weighted by molar-refractivity contribution is 0.392. The summed E-state index contributed by atoms with van der Waals surface area (Å²) in [6, 6.07) is 4.55. The number of hydrogen-bond acceptors (Lipinski definition) is 1. The van der Waals surface area contributed by atoms with Crippen LogP contribution in [0.4, 0.5) is 0 Å². The zero-order valence-electron chi connectivity index (χ0n) is 12.2. The van der Waals surface area contributed by atoms with Crippen molar-refractivity contribution in [1.82, 2.24) is 5.32 Å². The van der Waals surface area contributed by atoms with E-state index in [1.54, 1.807) is 0 Å². The molecule has 1 atom stereocenters. The van der Waals surface area contributed by atoms with Crippen LogP contribution in [0.3, 0.4) is 0 Å². The van der Waals surface area contributed by atoms with Crippen LogP contribution in [0.15, 0.2) is 12.1 Å². The molecule has 1 N–H and O–H groups in total. The van der Waals surface area contributed by atoms with Gasteiger partial charge in [0.05, 0.1) is 0 Å². The molecule has 17 heavy (non-hydrogen) atoms. The Morgan fingerprint density at radius 1 is 1.00 bits per heavy atom. The summed E-state index contributed by atoms with van der Waals surface area (Å²) in [7, 11) is 0. The number of nitrogens with one attached hydrogen (secondary N) is 1. The van der Waals surface area contributed by atoms with Gasteiger partial charge in [-0.15, -0.1) is 0 Å². The molecule has 0 amide bonds. The summed E-state index contributed by atoms with van der Waals surface area (Å²) in [5.41, 5.74) is 5.64. The Balaban J connectivity index is 2.58. The molecule has 1 nitrogen and oxygen atoms in total. The Morgan fingerprint density at radius 3 is 2.00 bits per heavy atom. The summed E-state index contributed by atoms with van der Waals surface area (Å²) < 4.78 is 0. The molecule has 1 unspecified atom stereocenters. The van der Waals surface area contributed by atoms with E-state index in [0.29, 0.717) is 0 Å². The second-order valence-corrected chi connectivity index (χ2v) is 5.73. The summed E-state index contributed by atoms with van der Waals surface area (Å²) in [6.45, 7) is 15.6. The maximum Gasteiger partial charge on any atom is 0.0210 e. The summed E-state index contributed by atoms with van der Waals surface area (Å²) >= 11 is 0. The minimum absolute atomic E-state index is 0.737. The molecule has 0 heterocycles. The van der Waals surface area contributed by atoms with E-state index in [0.717, 1.165) is 24.9 Å². The fourth-order valence-corrected chi connectivity index (χ4v) is 2.15. The Morgan fingerprint density at radius 2 is 1.53 bits per heavy atom. The van der Waals surface area contributed by atoms with Gasteiger partial charge in [0.15, 0.2) is 0 Å². The molecule has 0 fully saturated rings. The lowest BCUT2D eigenvalue weighted by Gasteiger charge is -2.18. The quantitative estimate of drug-likeness (QED) is 0.810. The number of benzene rings is 1. The van der Waals surface area contributed by atoms with Crippen LogP contribution in [0.25, 0.3) is 0 Å². The molecule has 0 saturated heterocycles. The molecule has 0 aliphatic carbocycles. The molecule has 1 rings (SSSR count). The van der Waals surface area contributed by atoms with Crippen molar-refractivity contribution in [3.63, 3.8) is 0 Å². The van der Waals surface area contributed by atoms with Crippen molar-refractivity contribution in [2.24, 2.45) is 11.8 Å². The summed E-state index contributed by atoms with van der Waals surface area (Å²) in [5.74, 6) is 1.49. The molecule has 1 aromatic rings. The number of hydrogen-bond donors (Lipinski definition) is 1. The highest BCUT2D eigenvalue weighted by molar-refractivity contribution is 5.37. The van der Waals surface area contributed by atoms with Gasteiger partial charge in [0.1, 0.15) is 0 Å². The molecule has 0 aliphatic heterocycles. The third-order valence-corrected chi connectivity index (χ3v) is 3.75. The number of rotatable bonds is 5. The minimum Gasteiger partial charge on any atom is -0.312 e. The SMILES string of the molecule is Cc1cc(C)c(CNCC(C)C(C)C)c(C)c1. The summed E-state index contributed by atoms with van der Waals surface area (Å²) in [6.07, 6.45) is 0. The van der Waals surface area contributed by atoms with Gasteiger partial charge in [0, 0.05) is 6.54 Å².